The Morgan fingerprint density at radius 2 is 2.13 bits per heavy atom. The predicted molar refractivity (Wildman–Crippen MR) is 92.0 cm³/mol. The number of rotatable bonds is 4. The zero-order valence-electron chi connectivity index (χ0n) is 12.7. The third kappa shape index (κ3) is 4.07. The zero-order chi connectivity index (χ0) is 17.0. The van der Waals surface area contributed by atoms with Gasteiger partial charge in [-0.3, -0.25) is 9.59 Å². The Kier molecular flexibility index (Phi) is 5.33. The standard InChI is InChI=1S/C16H16BrN3O3/c1-10(2)20-7-3-4-13(16(20)23)15(22)19-18-9-11-8-12(17)5-6-14(11)21/h3-10,21H,1-2H3,(H,19,22)/b18-9-. The number of aromatic hydroxyl groups is 1. The number of phenols is 1. The maximum absolute atomic E-state index is 12.2. The summed E-state index contributed by atoms with van der Waals surface area (Å²) in [5, 5.41) is 13.5. The van der Waals surface area contributed by atoms with Gasteiger partial charge in [-0.1, -0.05) is 15.9 Å². The van der Waals surface area contributed by atoms with Crippen LogP contribution in [-0.4, -0.2) is 21.8 Å². The van der Waals surface area contributed by atoms with Crippen molar-refractivity contribution < 1.29 is 9.90 Å². The summed E-state index contributed by atoms with van der Waals surface area (Å²) in [4.78, 5) is 24.3. The number of amides is 1. The number of carbonyl (C=O) groups excluding carboxylic acids is 1. The van der Waals surface area contributed by atoms with E-state index in [1.54, 1.807) is 24.4 Å². The normalized spacial score (nSPS) is 11.1. The molecule has 1 heterocycles. The molecular formula is C16H16BrN3O3. The van der Waals surface area contributed by atoms with Crippen molar-refractivity contribution in [2.24, 2.45) is 5.10 Å². The number of halogens is 1. The van der Waals surface area contributed by atoms with Crippen LogP contribution in [0.4, 0.5) is 0 Å². The van der Waals surface area contributed by atoms with Crippen molar-refractivity contribution in [1.29, 1.82) is 0 Å². The van der Waals surface area contributed by atoms with Gasteiger partial charge in [-0.25, -0.2) is 5.43 Å². The fraction of sp³-hybridized carbons (Fsp3) is 0.188. The van der Waals surface area contributed by atoms with Crippen LogP contribution in [0, 0.1) is 0 Å². The number of carbonyl (C=O) groups is 1. The Morgan fingerprint density at radius 1 is 1.39 bits per heavy atom. The van der Waals surface area contributed by atoms with Crippen LogP contribution in [0.1, 0.15) is 35.8 Å². The number of aromatic nitrogens is 1. The van der Waals surface area contributed by atoms with Crippen molar-refractivity contribution in [3.05, 3.63) is 62.5 Å². The van der Waals surface area contributed by atoms with Crippen molar-refractivity contribution in [3.63, 3.8) is 0 Å². The van der Waals surface area contributed by atoms with E-state index >= 15 is 0 Å². The molecule has 7 heteroatoms. The summed E-state index contributed by atoms with van der Waals surface area (Å²) in [5.74, 6) is -0.566. The van der Waals surface area contributed by atoms with E-state index in [1.807, 2.05) is 13.8 Å². The Hall–Kier alpha value is -2.41. The molecule has 6 nitrogen and oxygen atoms in total. The Balaban J connectivity index is 2.17. The van der Waals surface area contributed by atoms with E-state index < -0.39 is 5.91 Å². The topological polar surface area (TPSA) is 83.7 Å². The first kappa shape index (κ1) is 17.0. The number of hydrogen-bond donors (Lipinski definition) is 2. The van der Waals surface area contributed by atoms with Gasteiger partial charge in [-0.2, -0.15) is 5.10 Å². The first-order chi connectivity index (χ1) is 10.9. The maximum atomic E-state index is 12.2. The molecular weight excluding hydrogens is 362 g/mol. The minimum Gasteiger partial charge on any atom is -0.507 e. The third-order valence-electron chi connectivity index (χ3n) is 3.13. The molecule has 0 saturated carbocycles. The quantitative estimate of drug-likeness (QED) is 0.634. The van der Waals surface area contributed by atoms with Gasteiger partial charge in [0.05, 0.1) is 6.21 Å². The molecule has 120 valence electrons. The molecule has 0 saturated heterocycles. The second kappa shape index (κ2) is 7.23. The van der Waals surface area contributed by atoms with E-state index in [0.717, 1.165) is 4.47 Å². The number of hydrazone groups is 1. The molecule has 0 unspecified atom stereocenters. The monoisotopic (exact) mass is 377 g/mol. The average Bonchev–Trinajstić information content (AvgIpc) is 2.50. The van der Waals surface area contributed by atoms with Crippen molar-refractivity contribution in [2.75, 3.05) is 0 Å². The van der Waals surface area contributed by atoms with Gasteiger partial charge in [-0.05, 0) is 44.2 Å². The van der Waals surface area contributed by atoms with Gasteiger partial charge in [0.25, 0.3) is 11.5 Å². The number of benzene rings is 1. The minimum atomic E-state index is -0.601. The highest BCUT2D eigenvalue weighted by molar-refractivity contribution is 9.10. The average molecular weight is 378 g/mol. The lowest BCUT2D eigenvalue weighted by molar-refractivity contribution is 0.0953. The summed E-state index contributed by atoms with van der Waals surface area (Å²) in [6, 6.07) is 7.88. The summed E-state index contributed by atoms with van der Waals surface area (Å²) >= 11 is 3.28. The number of hydrogen-bond acceptors (Lipinski definition) is 4. The van der Waals surface area contributed by atoms with Crippen LogP contribution in [0.3, 0.4) is 0 Å². The first-order valence-electron chi connectivity index (χ1n) is 6.93. The molecule has 2 rings (SSSR count). The van der Waals surface area contributed by atoms with Crippen LogP contribution >= 0.6 is 15.9 Å². The van der Waals surface area contributed by atoms with Crippen molar-refractivity contribution in [2.45, 2.75) is 19.9 Å². The lowest BCUT2D eigenvalue weighted by atomic mass is 10.2. The second-order valence-electron chi connectivity index (χ2n) is 5.13. The summed E-state index contributed by atoms with van der Waals surface area (Å²) < 4.78 is 2.24. The molecule has 2 aromatic rings. The summed E-state index contributed by atoms with van der Waals surface area (Å²) in [7, 11) is 0. The highest BCUT2D eigenvalue weighted by Crippen LogP contribution is 2.19. The molecule has 0 bridgehead atoms. The number of pyridine rings is 1. The van der Waals surface area contributed by atoms with Crippen LogP contribution in [-0.2, 0) is 0 Å². The van der Waals surface area contributed by atoms with Crippen LogP contribution in [0.15, 0.2) is 50.9 Å². The number of nitrogens with zero attached hydrogens (tertiary/aromatic N) is 2. The molecule has 0 aliphatic rings. The van der Waals surface area contributed by atoms with E-state index in [1.165, 1.54) is 22.9 Å². The van der Waals surface area contributed by atoms with E-state index in [4.69, 9.17) is 0 Å². The van der Waals surface area contributed by atoms with Gasteiger partial charge in [0, 0.05) is 22.3 Å². The highest BCUT2D eigenvalue weighted by Gasteiger charge is 2.12. The molecule has 2 N–H and O–H groups in total. The number of nitrogens with one attached hydrogen (secondary N) is 1. The molecule has 1 aromatic heterocycles. The lowest BCUT2D eigenvalue weighted by Gasteiger charge is -2.10. The molecule has 1 amide bonds. The van der Waals surface area contributed by atoms with Gasteiger partial charge >= 0.3 is 0 Å². The maximum Gasteiger partial charge on any atom is 0.276 e. The second-order valence-corrected chi connectivity index (χ2v) is 6.05. The van der Waals surface area contributed by atoms with E-state index in [-0.39, 0.29) is 22.9 Å². The van der Waals surface area contributed by atoms with E-state index in [2.05, 4.69) is 26.5 Å². The highest BCUT2D eigenvalue weighted by atomic mass is 79.9. The number of phenolic OH excluding ortho intramolecular Hbond substituents is 1. The van der Waals surface area contributed by atoms with E-state index in [0.29, 0.717) is 5.56 Å². The summed E-state index contributed by atoms with van der Waals surface area (Å²) in [6.07, 6.45) is 2.94. The molecule has 0 spiro atoms. The zero-order valence-corrected chi connectivity index (χ0v) is 14.2. The Labute approximate surface area is 141 Å². The van der Waals surface area contributed by atoms with Crippen LogP contribution < -0.4 is 11.0 Å². The van der Waals surface area contributed by atoms with Gasteiger partial charge < -0.3 is 9.67 Å². The van der Waals surface area contributed by atoms with Gasteiger partial charge in [0.1, 0.15) is 11.3 Å². The SMILES string of the molecule is CC(C)n1cccc(C(=O)N/N=C\c2cc(Br)ccc2O)c1=O. The molecule has 0 aliphatic heterocycles. The fourth-order valence-electron chi connectivity index (χ4n) is 1.94. The largest absolute Gasteiger partial charge is 0.507 e. The molecule has 0 aliphatic carbocycles. The molecule has 23 heavy (non-hydrogen) atoms. The first-order valence-corrected chi connectivity index (χ1v) is 7.72. The van der Waals surface area contributed by atoms with Gasteiger partial charge in [0.2, 0.25) is 0 Å². The Bertz CT molecular complexity index is 812. The minimum absolute atomic E-state index is 0.0109. The van der Waals surface area contributed by atoms with Gasteiger partial charge in [-0.15, -0.1) is 0 Å². The molecule has 0 fully saturated rings. The molecule has 1 aromatic carbocycles. The van der Waals surface area contributed by atoms with Crippen LogP contribution in [0.5, 0.6) is 5.75 Å². The summed E-state index contributed by atoms with van der Waals surface area (Å²) in [5.41, 5.74) is 2.37. The molecule has 0 atom stereocenters. The van der Waals surface area contributed by atoms with Crippen molar-refractivity contribution in [3.8, 4) is 5.75 Å². The smallest absolute Gasteiger partial charge is 0.276 e. The van der Waals surface area contributed by atoms with E-state index in [9.17, 15) is 14.7 Å². The third-order valence-corrected chi connectivity index (χ3v) is 3.63. The van der Waals surface area contributed by atoms with Crippen molar-refractivity contribution >= 4 is 28.1 Å². The van der Waals surface area contributed by atoms with Crippen LogP contribution in [0.2, 0.25) is 0 Å². The van der Waals surface area contributed by atoms with Crippen LogP contribution in [0.25, 0.3) is 0 Å². The Morgan fingerprint density at radius 3 is 2.83 bits per heavy atom. The fourth-order valence-corrected chi connectivity index (χ4v) is 2.32. The van der Waals surface area contributed by atoms with Gasteiger partial charge in [0.15, 0.2) is 0 Å². The van der Waals surface area contributed by atoms with Crippen molar-refractivity contribution in [1.82, 2.24) is 9.99 Å². The summed E-state index contributed by atoms with van der Waals surface area (Å²) in [6.45, 7) is 3.72. The molecule has 0 radical (unpaired) electrons. The predicted octanol–water partition coefficient (Wildman–Crippen LogP) is 2.66. The lowest BCUT2D eigenvalue weighted by Crippen LogP contribution is -2.31.